The van der Waals surface area contributed by atoms with E-state index in [1.165, 1.54) is 7.11 Å². The van der Waals surface area contributed by atoms with E-state index >= 15 is 0 Å². The topological polar surface area (TPSA) is 93.5 Å². The highest BCUT2D eigenvalue weighted by molar-refractivity contribution is 5.74. The fourth-order valence-corrected chi connectivity index (χ4v) is 4.21. The summed E-state index contributed by atoms with van der Waals surface area (Å²) in [7, 11) is 1.38. The molecule has 2 saturated carbocycles. The van der Waals surface area contributed by atoms with Crippen LogP contribution in [-0.2, 0) is 19.0 Å². The Morgan fingerprint density at radius 2 is 2.00 bits per heavy atom. The van der Waals surface area contributed by atoms with E-state index in [0.717, 1.165) is 6.42 Å². The minimum atomic E-state index is -0.571. The molecule has 0 N–H and O–H groups in total. The van der Waals surface area contributed by atoms with Crippen LogP contribution >= 0.6 is 0 Å². The lowest BCUT2D eigenvalue weighted by Crippen LogP contribution is -2.47. The van der Waals surface area contributed by atoms with Gasteiger partial charge in [-0.05, 0) is 23.8 Å². The summed E-state index contributed by atoms with van der Waals surface area (Å²) in [6, 6.07) is -0.315. The molecule has 3 rings (SSSR count). The van der Waals surface area contributed by atoms with Gasteiger partial charge in [-0.3, -0.25) is 4.79 Å². The second-order valence-electron chi connectivity index (χ2n) is 7.54. The molecular weight excluding hydrogens is 286 g/mol. The van der Waals surface area contributed by atoms with Crippen LogP contribution in [0.15, 0.2) is 5.11 Å². The van der Waals surface area contributed by atoms with E-state index in [1.807, 2.05) is 0 Å². The molecule has 1 aliphatic heterocycles. The molecule has 0 aromatic carbocycles. The standard InChI is InChI=1S/C15H23N3O4/c1-14(2)7-21-15(22-8-14)5-9-4-11(17-18-16)12(10(9)6-15)13(19)20-3/h9-12H,4-8H2,1-3H3/t9-,10+,11+,12-/m0/s1. The third-order valence-electron chi connectivity index (χ3n) is 5.27. The molecule has 0 unspecified atom stereocenters. The number of nitrogens with zero attached hydrogens (tertiary/aromatic N) is 3. The summed E-state index contributed by atoms with van der Waals surface area (Å²) in [6.07, 6.45) is 2.13. The number of esters is 1. The lowest BCUT2D eigenvalue weighted by atomic mass is 9.90. The first-order valence-electron chi connectivity index (χ1n) is 7.80. The van der Waals surface area contributed by atoms with E-state index in [9.17, 15) is 4.79 Å². The molecule has 0 radical (unpaired) electrons. The Morgan fingerprint density at radius 1 is 1.32 bits per heavy atom. The molecule has 4 atom stereocenters. The van der Waals surface area contributed by atoms with E-state index in [4.69, 9.17) is 19.7 Å². The van der Waals surface area contributed by atoms with Crippen molar-refractivity contribution in [1.82, 2.24) is 0 Å². The van der Waals surface area contributed by atoms with E-state index in [0.29, 0.717) is 26.1 Å². The van der Waals surface area contributed by atoms with Gasteiger partial charge in [0.25, 0.3) is 0 Å². The Bertz CT molecular complexity index is 505. The highest BCUT2D eigenvalue weighted by Crippen LogP contribution is 2.55. The van der Waals surface area contributed by atoms with Gasteiger partial charge in [-0.1, -0.05) is 19.0 Å². The maximum absolute atomic E-state index is 12.1. The van der Waals surface area contributed by atoms with Gasteiger partial charge in [0.2, 0.25) is 0 Å². The normalized spacial score (nSPS) is 38.3. The van der Waals surface area contributed by atoms with Crippen LogP contribution in [0, 0.1) is 23.2 Å². The average Bonchev–Trinajstić information content (AvgIpc) is 2.96. The van der Waals surface area contributed by atoms with Crippen LogP contribution in [0.4, 0.5) is 0 Å². The van der Waals surface area contributed by atoms with Crippen molar-refractivity contribution in [2.45, 2.75) is 44.9 Å². The van der Waals surface area contributed by atoms with Crippen molar-refractivity contribution >= 4 is 5.97 Å². The zero-order valence-electron chi connectivity index (χ0n) is 13.3. The van der Waals surface area contributed by atoms with Crippen LogP contribution in [0.25, 0.3) is 10.4 Å². The first-order valence-corrected chi connectivity index (χ1v) is 7.80. The third kappa shape index (κ3) is 2.57. The van der Waals surface area contributed by atoms with Gasteiger partial charge < -0.3 is 14.2 Å². The van der Waals surface area contributed by atoms with Crippen molar-refractivity contribution in [3.05, 3.63) is 10.4 Å². The number of fused-ring (bicyclic) bond motifs is 1. The molecule has 0 aromatic heterocycles. The van der Waals surface area contributed by atoms with Crippen molar-refractivity contribution < 1.29 is 19.0 Å². The zero-order valence-corrected chi connectivity index (χ0v) is 13.3. The lowest BCUT2D eigenvalue weighted by molar-refractivity contribution is -0.298. The quantitative estimate of drug-likeness (QED) is 0.339. The molecule has 3 aliphatic rings. The van der Waals surface area contributed by atoms with Crippen molar-refractivity contribution in [3.8, 4) is 0 Å². The van der Waals surface area contributed by atoms with Gasteiger partial charge >= 0.3 is 5.97 Å². The molecule has 22 heavy (non-hydrogen) atoms. The van der Waals surface area contributed by atoms with Gasteiger partial charge in [-0.2, -0.15) is 0 Å². The maximum atomic E-state index is 12.1. The number of hydrogen-bond acceptors (Lipinski definition) is 5. The van der Waals surface area contributed by atoms with Crippen molar-refractivity contribution in [2.24, 2.45) is 28.3 Å². The fourth-order valence-electron chi connectivity index (χ4n) is 4.21. The van der Waals surface area contributed by atoms with Crippen LogP contribution in [-0.4, -0.2) is 38.1 Å². The van der Waals surface area contributed by atoms with Gasteiger partial charge in [-0.15, -0.1) is 0 Å². The lowest BCUT2D eigenvalue weighted by Gasteiger charge is -2.42. The summed E-state index contributed by atoms with van der Waals surface area (Å²) in [6.45, 7) is 5.55. The molecule has 7 nitrogen and oxygen atoms in total. The summed E-state index contributed by atoms with van der Waals surface area (Å²) < 4.78 is 17.0. The van der Waals surface area contributed by atoms with Gasteiger partial charge in [0.1, 0.15) is 0 Å². The minimum Gasteiger partial charge on any atom is -0.469 e. The van der Waals surface area contributed by atoms with Crippen LogP contribution in [0.2, 0.25) is 0 Å². The average molecular weight is 309 g/mol. The molecule has 0 aromatic rings. The molecule has 3 fully saturated rings. The summed E-state index contributed by atoms with van der Waals surface area (Å²) in [4.78, 5) is 15.0. The van der Waals surface area contributed by atoms with Gasteiger partial charge in [0.05, 0.1) is 32.3 Å². The Hall–Kier alpha value is -1.30. The number of hydrogen-bond donors (Lipinski definition) is 0. The van der Waals surface area contributed by atoms with E-state index in [2.05, 4.69) is 23.9 Å². The third-order valence-corrected chi connectivity index (χ3v) is 5.27. The summed E-state index contributed by atoms with van der Waals surface area (Å²) in [5, 5.41) is 3.81. The van der Waals surface area contributed by atoms with E-state index in [1.54, 1.807) is 0 Å². The molecule has 1 saturated heterocycles. The van der Waals surface area contributed by atoms with Crippen LogP contribution in [0.3, 0.4) is 0 Å². The van der Waals surface area contributed by atoms with Crippen molar-refractivity contribution in [2.75, 3.05) is 20.3 Å². The SMILES string of the molecule is COC(=O)[C@H]1[C@@H]2CC3(C[C@@H]2C[C@H]1N=[N+]=[N-])OCC(C)(C)CO3. The Labute approximate surface area is 129 Å². The van der Waals surface area contributed by atoms with Crippen molar-refractivity contribution in [3.63, 3.8) is 0 Å². The van der Waals surface area contributed by atoms with E-state index in [-0.39, 0.29) is 35.2 Å². The Balaban J connectivity index is 1.77. The van der Waals surface area contributed by atoms with Gasteiger partial charge in [-0.25, -0.2) is 0 Å². The predicted molar refractivity (Wildman–Crippen MR) is 77.7 cm³/mol. The molecular formula is C15H23N3O4. The molecule has 1 spiro atoms. The largest absolute Gasteiger partial charge is 0.469 e. The first kappa shape index (κ1) is 15.6. The monoisotopic (exact) mass is 309 g/mol. The molecule has 0 amide bonds. The number of carbonyl (C=O) groups excluding carboxylic acids is 1. The highest BCUT2D eigenvalue weighted by atomic mass is 16.7. The van der Waals surface area contributed by atoms with E-state index < -0.39 is 5.79 Å². The van der Waals surface area contributed by atoms with Crippen molar-refractivity contribution in [1.29, 1.82) is 0 Å². The maximum Gasteiger partial charge on any atom is 0.309 e. The summed E-state index contributed by atoms with van der Waals surface area (Å²) in [5.74, 6) is -0.867. The molecule has 1 heterocycles. The first-order chi connectivity index (χ1) is 10.4. The van der Waals surface area contributed by atoms with Crippen LogP contribution < -0.4 is 0 Å². The smallest absolute Gasteiger partial charge is 0.309 e. The molecule has 0 bridgehead atoms. The second kappa shape index (κ2) is 5.41. The molecule has 2 aliphatic carbocycles. The number of rotatable bonds is 2. The Morgan fingerprint density at radius 3 is 2.59 bits per heavy atom. The van der Waals surface area contributed by atoms with Gasteiger partial charge in [0, 0.05) is 23.2 Å². The highest BCUT2D eigenvalue weighted by Gasteiger charge is 2.59. The zero-order chi connectivity index (χ0) is 16.0. The second-order valence-corrected chi connectivity index (χ2v) is 7.54. The number of ether oxygens (including phenoxy) is 3. The summed E-state index contributed by atoms with van der Waals surface area (Å²) in [5.41, 5.74) is 8.74. The number of methoxy groups -OCH3 is 1. The molecule has 7 heteroatoms. The fraction of sp³-hybridized carbons (Fsp3) is 0.933. The summed E-state index contributed by atoms with van der Waals surface area (Å²) >= 11 is 0. The minimum absolute atomic E-state index is 0.0261. The molecule has 122 valence electrons. The number of carbonyl (C=O) groups is 1. The Kier molecular flexibility index (Phi) is 3.83. The van der Waals surface area contributed by atoms with Crippen LogP contribution in [0.5, 0.6) is 0 Å². The number of azide groups is 1. The van der Waals surface area contributed by atoms with Gasteiger partial charge in [0.15, 0.2) is 5.79 Å². The predicted octanol–water partition coefficient (Wildman–Crippen LogP) is 2.65. The van der Waals surface area contributed by atoms with Crippen LogP contribution in [0.1, 0.15) is 33.1 Å².